The van der Waals surface area contributed by atoms with Gasteiger partial charge in [-0.1, -0.05) is 24.3 Å². The summed E-state index contributed by atoms with van der Waals surface area (Å²) < 4.78 is 28.9. The molecule has 2 aliphatic heterocycles. The van der Waals surface area contributed by atoms with Gasteiger partial charge in [-0.15, -0.1) is 0 Å². The zero-order valence-electron chi connectivity index (χ0n) is 25.4. The van der Waals surface area contributed by atoms with E-state index in [1.54, 1.807) is 36.5 Å². The molecule has 1 atom stereocenters. The molecule has 7 rings (SSSR count). The van der Waals surface area contributed by atoms with Gasteiger partial charge in [0.05, 0.1) is 30.2 Å². The maximum absolute atomic E-state index is 14.9. The minimum atomic E-state index is -0.489. The smallest absolute Gasteiger partial charge is 0.213 e. The Morgan fingerprint density at radius 1 is 1.00 bits per heavy atom. The predicted molar refractivity (Wildman–Crippen MR) is 169 cm³/mol. The Hall–Kier alpha value is -4.47. The summed E-state index contributed by atoms with van der Waals surface area (Å²) in [7, 11) is 0. The molecule has 8 nitrogen and oxygen atoms in total. The van der Waals surface area contributed by atoms with Crippen LogP contribution in [0.2, 0.25) is 0 Å². The number of ether oxygens (including phenoxy) is 2. The number of pyridine rings is 2. The fourth-order valence-corrected chi connectivity index (χ4v) is 6.19. The topological polar surface area (TPSA) is 82.4 Å². The summed E-state index contributed by atoms with van der Waals surface area (Å²) in [6, 6.07) is 20.1. The van der Waals surface area contributed by atoms with Crippen molar-refractivity contribution >= 4 is 16.8 Å². The van der Waals surface area contributed by atoms with E-state index in [0.29, 0.717) is 22.9 Å². The lowest BCUT2D eigenvalue weighted by molar-refractivity contribution is -0.0592. The van der Waals surface area contributed by atoms with E-state index in [0.717, 1.165) is 69.1 Å². The third kappa shape index (κ3) is 6.50. The van der Waals surface area contributed by atoms with Crippen LogP contribution in [-0.2, 0) is 24.4 Å². The van der Waals surface area contributed by atoms with Crippen molar-refractivity contribution in [2.24, 2.45) is 0 Å². The number of benzene rings is 2. The molecular formula is C36H36FN5O3. The summed E-state index contributed by atoms with van der Waals surface area (Å²) in [6.07, 6.45) is 6.42. The number of hydrogen-bond acceptors (Lipinski definition) is 7. The van der Waals surface area contributed by atoms with Gasteiger partial charge in [-0.2, -0.15) is 0 Å². The number of imidazole rings is 1. The van der Waals surface area contributed by atoms with Crippen molar-refractivity contribution < 1.29 is 18.7 Å². The number of carbonyl (C=O) groups excluding carboxylic acids is 1. The third-order valence-corrected chi connectivity index (χ3v) is 8.89. The first-order chi connectivity index (χ1) is 22.0. The highest BCUT2D eigenvalue weighted by molar-refractivity contribution is 6.08. The van der Waals surface area contributed by atoms with Crippen molar-refractivity contribution in [2.75, 3.05) is 19.7 Å². The molecule has 0 saturated carbocycles. The van der Waals surface area contributed by atoms with Crippen molar-refractivity contribution in [1.82, 2.24) is 24.4 Å². The Morgan fingerprint density at radius 2 is 1.87 bits per heavy atom. The van der Waals surface area contributed by atoms with Gasteiger partial charge in [0.15, 0.2) is 5.78 Å². The molecule has 0 spiro atoms. The Balaban J connectivity index is 0.963. The van der Waals surface area contributed by atoms with Crippen LogP contribution in [0.1, 0.15) is 63.7 Å². The average Bonchev–Trinajstić information content (AvgIpc) is 3.38. The number of carbonyl (C=O) groups is 1. The van der Waals surface area contributed by atoms with E-state index in [1.807, 2.05) is 12.1 Å². The van der Waals surface area contributed by atoms with Gasteiger partial charge in [-0.25, -0.2) is 14.4 Å². The van der Waals surface area contributed by atoms with E-state index >= 15 is 0 Å². The number of rotatable bonds is 10. The summed E-state index contributed by atoms with van der Waals surface area (Å²) in [5, 5.41) is 0. The molecule has 2 saturated heterocycles. The van der Waals surface area contributed by atoms with Crippen molar-refractivity contribution in [2.45, 2.75) is 57.9 Å². The molecule has 5 aromatic rings. The van der Waals surface area contributed by atoms with Crippen LogP contribution in [0.25, 0.3) is 11.0 Å². The van der Waals surface area contributed by atoms with E-state index in [1.165, 1.54) is 23.3 Å². The van der Waals surface area contributed by atoms with Crippen molar-refractivity contribution in [3.05, 3.63) is 119 Å². The van der Waals surface area contributed by atoms with Gasteiger partial charge in [0.2, 0.25) is 5.88 Å². The monoisotopic (exact) mass is 605 g/mol. The summed E-state index contributed by atoms with van der Waals surface area (Å²) in [5.41, 5.74) is 5.52. The number of piperidine rings is 1. The number of aromatic nitrogens is 4. The van der Waals surface area contributed by atoms with Gasteiger partial charge >= 0.3 is 0 Å². The zero-order valence-corrected chi connectivity index (χ0v) is 25.4. The molecule has 0 bridgehead atoms. The maximum Gasteiger partial charge on any atom is 0.213 e. The lowest BCUT2D eigenvalue weighted by atomic mass is 9.93. The lowest BCUT2D eigenvalue weighted by Crippen LogP contribution is -2.35. The van der Waals surface area contributed by atoms with Crippen LogP contribution in [0.15, 0.2) is 79.1 Å². The van der Waals surface area contributed by atoms with Crippen LogP contribution in [-0.4, -0.2) is 56.0 Å². The molecule has 5 heterocycles. The van der Waals surface area contributed by atoms with Crippen LogP contribution in [0.3, 0.4) is 0 Å². The van der Waals surface area contributed by atoms with Crippen molar-refractivity contribution in [1.29, 1.82) is 0 Å². The molecule has 45 heavy (non-hydrogen) atoms. The van der Waals surface area contributed by atoms with Gasteiger partial charge < -0.3 is 14.0 Å². The number of halogens is 1. The number of nitrogens with zero attached hydrogens (tertiary/aromatic N) is 5. The van der Waals surface area contributed by atoms with Crippen molar-refractivity contribution in [3.8, 4) is 5.88 Å². The lowest BCUT2D eigenvalue weighted by Gasteiger charge is -2.32. The molecule has 2 aliphatic rings. The Bertz CT molecular complexity index is 1810. The van der Waals surface area contributed by atoms with Gasteiger partial charge in [0.25, 0.3) is 0 Å². The molecule has 2 fully saturated rings. The molecule has 2 aromatic carbocycles. The first-order valence-electron chi connectivity index (χ1n) is 15.6. The van der Waals surface area contributed by atoms with E-state index < -0.39 is 5.82 Å². The van der Waals surface area contributed by atoms with E-state index in [2.05, 4.69) is 39.6 Å². The number of likely N-dealkylation sites (tertiary alicyclic amines) is 1. The minimum Gasteiger partial charge on any atom is -0.473 e. The molecule has 9 heteroatoms. The third-order valence-electron chi connectivity index (χ3n) is 8.89. The number of ketones is 1. The van der Waals surface area contributed by atoms with E-state index in [-0.39, 0.29) is 24.1 Å². The summed E-state index contributed by atoms with van der Waals surface area (Å²) in [5.74, 6) is 1.13. The predicted octanol–water partition coefficient (Wildman–Crippen LogP) is 6.25. The molecule has 0 amide bonds. The largest absolute Gasteiger partial charge is 0.473 e. The summed E-state index contributed by atoms with van der Waals surface area (Å²) >= 11 is 0. The fourth-order valence-electron chi connectivity index (χ4n) is 6.19. The second kappa shape index (κ2) is 12.9. The highest BCUT2D eigenvalue weighted by Gasteiger charge is 2.26. The number of aryl methyl sites for hydroxylation is 1. The van der Waals surface area contributed by atoms with E-state index in [4.69, 9.17) is 19.4 Å². The minimum absolute atomic E-state index is 0.0223. The van der Waals surface area contributed by atoms with Crippen LogP contribution < -0.4 is 4.74 Å². The van der Waals surface area contributed by atoms with E-state index in [9.17, 15) is 9.18 Å². The summed E-state index contributed by atoms with van der Waals surface area (Å²) in [6.45, 7) is 6.55. The Morgan fingerprint density at radius 3 is 2.62 bits per heavy atom. The molecule has 0 N–H and O–H groups in total. The molecular weight excluding hydrogens is 569 g/mol. The van der Waals surface area contributed by atoms with Crippen LogP contribution in [0.4, 0.5) is 4.39 Å². The molecule has 0 unspecified atom stereocenters. The zero-order chi connectivity index (χ0) is 30.8. The Kier molecular flexibility index (Phi) is 8.37. The number of hydrogen-bond donors (Lipinski definition) is 0. The fraction of sp³-hybridized carbons (Fsp3) is 0.333. The van der Waals surface area contributed by atoms with Crippen molar-refractivity contribution in [3.63, 3.8) is 0 Å². The molecule has 230 valence electrons. The van der Waals surface area contributed by atoms with Crippen LogP contribution >= 0.6 is 0 Å². The Labute approximate surface area is 261 Å². The maximum atomic E-state index is 14.9. The van der Waals surface area contributed by atoms with Crippen LogP contribution in [0, 0.1) is 12.7 Å². The van der Waals surface area contributed by atoms with Gasteiger partial charge in [0, 0.05) is 53.4 Å². The summed E-state index contributed by atoms with van der Waals surface area (Å²) in [4.78, 5) is 28.9. The van der Waals surface area contributed by atoms with Gasteiger partial charge in [-0.3, -0.25) is 14.7 Å². The molecule has 0 aliphatic carbocycles. The van der Waals surface area contributed by atoms with Gasteiger partial charge in [-0.05, 0) is 81.2 Å². The number of fused-ring (bicyclic) bond motifs is 1. The average molecular weight is 606 g/mol. The highest BCUT2D eigenvalue weighted by Crippen LogP contribution is 2.30. The first-order valence-corrected chi connectivity index (χ1v) is 15.6. The van der Waals surface area contributed by atoms with Gasteiger partial charge in [0.1, 0.15) is 18.2 Å². The highest BCUT2D eigenvalue weighted by atomic mass is 19.1. The normalized spacial score (nSPS) is 17.3. The van der Waals surface area contributed by atoms with Crippen LogP contribution in [0.5, 0.6) is 5.88 Å². The quantitative estimate of drug-likeness (QED) is 0.174. The second-order valence-corrected chi connectivity index (χ2v) is 12.0. The SMILES string of the molecule is Cc1ccc2nc(CN3CCC(c4cccc(OCc5ccc(C(=O)c6cccnc6)cc5F)n4)CC3)n(C[C@@H]3CCO3)c2c1. The first kappa shape index (κ1) is 29.3. The molecule has 3 aromatic heterocycles. The second-order valence-electron chi connectivity index (χ2n) is 12.0. The molecule has 0 radical (unpaired) electrons. The standard InChI is InChI=1S/C36H36FN5O3/c1-24-7-10-32-33(18-24)42(21-29-13-17-44-29)34(39-32)22-41-15-11-25(12-16-41)31-5-2-6-35(40-31)45-23-28-9-8-26(19-30(28)37)36(43)27-4-3-14-38-20-27/h2-10,14,18-20,25,29H,11-13,15-17,21-23H2,1H3/t29-/m0/s1.